The lowest BCUT2D eigenvalue weighted by Crippen LogP contribution is -2.28. The van der Waals surface area contributed by atoms with Gasteiger partial charge in [0.2, 0.25) is 0 Å². The van der Waals surface area contributed by atoms with Gasteiger partial charge in [-0.2, -0.15) is 5.10 Å². The van der Waals surface area contributed by atoms with Crippen molar-refractivity contribution in [2.24, 2.45) is 7.05 Å². The topological polar surface area (TPSA) is 78.3 Å². The van der Waals surface area contributed by atoms with Crippen LogP contribution in [-0.2, 0) is 26.4 Å². The van der Waals surface area contributed by atoms with Gasteiger partial charge in [0.05, 0.1) is 16.6 Å². The van der Waals surface area contributed by atoms with Crippen LogP contribution >= 0.6 is 0 Å². The fourth-order valence-corrected chi connectivity index (χ4v) is 3.06. The Labute approximate surface area is 123 Å². The number of carbonyl (C=O) groups excluding carboxylic acids is 1. The first-order chi connectivity index (χ1) is 9.58. The molecule has 0 radical (unpaired) electrons. The van der Waals surface area contributed by atoms with Crippen molar-refractivity contribution in [3.63, 3.8) is 0 Å². The predicted molar refractivity (Wildman–Crippen MR) is 78.6 cm³/mol. The Kier molecular flexibility index (Phi) is 3.79. The number of ether oxygens (including phenoxy) is 1. The summed E-state index contributed by atoms with van der Waals surface area (Å²) in [6.07, 6.45) is 1.59. The van der Waals surface area contributed by atoms with Crippen molar-refractivity contribution < 1.29 is 17.9 Å². The number of sulfone groups is 1. The monoisotopic (exact) mass is 310 g/mol. The summed E-state index contributed by atoms with van der Waals surface area (Å²) in [5.74, 6) is -1.43. The minimum atomic E-state index is -3.73. The summed E-state index contributed by atoms with van der Waals surface area (Å²) in [6.45, 7) is 5.08. The fourth-order valence-electron chi connectivity index (χ4n) is 1.94. The predicted octanol–water partition coefficient (Wildman–Crippen LogP) is 1.69. The van der Waals surface area contributed by atoms with Crippen LogP contribution in [-0.4, -0.2) is 35.5 Å². The third kappa shape index (κ3) is 3.60. The van der Waals surface area contributed by atoms with E-state index < -0.39 is 27.2 Å². The number of hydrogen-bond donors (Lipinski definition) is 0. The van der Waals surface area contributed by atoms with Crippen LogP contribution in [0.1, 0.15) is 20.8 Å². The lowest BCUT2D eigenvalue weighted by molar-refractivity contribution is -0.151. The summed E-state index contributed by atoms with van der Waals surface area (Å²) in [6, 6.07) is 4.66. The van der Waals surface area contributed by atoms with Gasteiger partial charge in [-0.1, -0.05) is 0 Å². The van der Waals surface area contributed by atoms with E-state index in [-0.39, 0.29) is 4.90 Å². The Bertz CT molecular complexity index is 785. The van der Waals surface area contributed by atoms with Crippen LogP contribution in [0.3, 0.4) is 0 Å². The molecule has 0 amide bonds. The molecule has 1 heterocycles. The van der Waals surface area contributed by atoms with Gasteiger partial charge >= 0.3 is 5.97 Å². The van der Waals surface area contributed by atoms with Crippen LogP contribution in [0.2, 0.25) is 0 Å². The average Bonchev–Trinajstić information content (AvgIpc) is 2.67. The average molecular weight is 310 g/mol. The summed E-state index contributed by atoms with van der Waals surface area (Å²) in [7, 11) is -1.95. The van der Waals surface area contributed by atoms with Gasteiger partial charge in [-0.25, -0.2) is 8.42 Å². The van der Waals surface area contributed by atoms with Crippen LogP contribution in [0, 0.1) is 0 Å². The van der Waals surface area contributed by atoms with Gasteiger partial charge in [-0.3, -0.25) is 9.48 Å². The highest BCUT2D eigenvalue weighted by Crippen LogP contribution is 2.20. The largest absolute Gasteiger partial charge is 0.459 e. The minimum Gasteiger partial charge on any atom is -0.459 e. The highest BCUT2D eigenvalue weighted by molar-refractivity contribution is 7.92. The second-order valence-electron chi connectivity index (χ2n) is 5.83. The Morgan fingerprint density at radius 2 is 2.00 bits per heavy atom. The van der Waals surface area contributed by atoms with Gasteiger partial charge in [0, 0.05) is 12.4 Å². The molecule has 0 aliphatic carbocycles. The number of benzene rings is 1. The van der Waals surface area contributed by atoms with Crippen LogP contribution in [0.25, 0.3) is 10.9 Å². The molecule has 0 fully saturated rings. The van der Waals surface area contributed by atoms with E-state index in [1.165, 1.54) is 12.1 Å². The van der Waals surface area contributed by atoms with Crippen molar-refractivity contribution in [1.82, 2.24) is 9.78 Å². The Hall–Kier alpha value is -1.89. The highest BCUT2D eigenvalue weighted by Gasteiger charge is 2.24. The molecule has 1 aromatic carbocycles. The number of aryl methyl sites for hydroxylation is 1. The summed E-state index contributed by atoms with van der Waals surface area (Å²) >= 11 is 0. The first-order valence-corrected chi connectivity index (χ1v) is 8.10. The SMILES string of the molecule is Cn1ncc2cc(S(=O)(=O)CC(=O)OC(C)(C)C)ccc21. The van der Waals surface area contributed by atoms with Gasteiger partial charge in [0.1, 0.15) is 5.60 Å². The maximum atomic E-state index is 12.3. The summed E-state index contributed by atoms with van der Waals surface area (Å²) in [5, 5.41) is 4.77. The molecule has 0 bridgehead atoms. The van der Waals surface area contributed by atoms with E-state index in [1.807, 2.05) is 0 Å². The molecular weight excluding hydrogens is 292 g/mol. The molecule has 0 saturated heterocycles. The maximum Gasteiger partial charge on any atom is 0.322 e. The Morgan fingerprint density at radius 3 is 2.62 bits per heavy atom. The zero-order valence-electron chi connectivity index (χ0n) is 12.5. The molecule has 2 rings (SSSR count). The molecule has 2 aromatic rings. The van der Waals surface area contributed by atoms with E-state index in [0.29, 0.717) is 5.39 Å². The second-order valence-corrected chi connectivity index (χ2v) is 7.82. The molecule has 0 spiro atoms. The third-order valence-corrected chi connectivity index (χ3v) is 4.39. The molecule has 6 nitrogen and oxygen atoms in total. The van der Waals surface area contributed by atoms with Gasteiger partial charge < -0.3 is 4.74 Å². The first-order valence-electron chi connectivity index (χ1n) is 6.45. The van der Waals surface area contributed by atoms with Crippen molar-refractivity contribution in [1.29, 1.82) is 0 Å². The number of carbonyl (C=O) groups is 1. The van der Waals surface area contributed by atoms with Gasteiger partial charge in [0.15, 0.2) is 15.6 Å². The van der Waals surface area contributed by atoms with Crippen LogP contribution in [0.5, 0.6) is 0 Å². The molecule has 0 aliphatic rings. The standard InChI is InChI=1S/C14H18N2O4S/c1-14(2,3)20-13(17)9-21(18,19)11-5-6-12-10(7-11)8-15-16(12)4/h5-8H,9H2,1-4H3. The third-order valence-electron chi connectivity index (χ3n) is 2.80. The number of aromatic nitrogens is 2. The van der Waals surface area contributed by atoms with E-state index in [1.54, 1.807) is 44.8 Å². The van der Waals surface area contributed by atoms with Crippen molar-refractivity contribution in [2.45, 2.75) is 31.3 Å². The highest BCUT2D eigenvalue weighted by atomic mass is 32.2. The van der Waals surface area contributed by atoms with Gasteiger partial charge in [-0.05, 0) is 39.0 Å². The smallest absolute Gasteiger partial charge is 0.322 e. The zero-order chi connectivity index (χ0) is 15.8. The lowest BCUT2D eigenvalue weighted by Gasteiger charge is -2.19. The zero-order valence-corrected chi connectivity index (χ0v) is 13.3. The number of hydrogen-bond acceptors (Lipinski definition) is 5. The molecule has 0 aliphatic heterocycles. The lowest BCUT2D eigenvalue weighted by atomic mass is 10.2. The molecule has 0 N–H and O–H groups in total. The number of nitrogens with zero attached hydrogens (tertiary/aromatic N) is 2. The normalized spacial score (nSPS) is 12.6. The summed E-state index contributed by atoms with van der Waals surface area (Å²) < 4.78 is 31.2. The van der Waals surface area contributed by atoms with Crippen molar-refractivity contribution in [3.8, 4) is 0 Å². The number of esters is 1. The molecule has 0 atom stereocenters. The summed E-state index contributed by atoms with van der Waals surface area (Å²) in [4.78, 5) is 11.8. The summed E-state index contributed by atoms with van der Waals surface area (Å²) in [5.41, 5.74) is 0.117. The minimum absolute atomic E-state index is 0.0915. The van der Waals surface area contributed by atoms with E-state index in [4.69, 9.17) is 4.74 Å². The molecule has 0 saturated carbocycles. The van der Waals surface area contributed by atoms with Crippen LogP contribution < -0.4 is 0 Å². The molecule has 7 heteroatoms. The first kappa shape index (κ1) is 15.5. The molecular formula is C14H18N2O4S. The van der Waals surface area contributed by atoms with Crippen LogP contribution in [0.15, 0.2) is 29.3 Å². The Balaban J connectivity index is 2.27. The van der Waals surface area contributed by atoms with Crippen LogP contribution in [0.4, 0.5) is 0 Å². The molecule has 0 unspecified atom stereocenters. The maximum absolute atomic E-state index is 12.3. The van der Waals surface area contributed by atoms with Gasteiger partial charge in [0.25, 0.3) is 0 Å². The quantitative estimate of drug-likeness (QED) is 0.806. The fraction of sp³-hybridized carbons (Fsp3) is 0.429. The molecule has 1 aromatic heterocycles. The second kappa shape index (κ2) is 5.14. The number of fused-ring (bicyclic) bond motifs is 1. The van der Waals surface area contributed by atoms with E-state index in [0.717, 1.165) is 5.52 Å². The molecule has 114 valence electrons. The van der Waals surface area contributed by atoms with Crippen molar-refractivity contribution >= 4 is 26.7 Å². The molecule has 21 heavy (non-hydrogen) atoms. The van der Waals surface area contributed by atoms with Crippen molar-refractivity contribution in [2.75, 3.05) is 5.75 Å². The van der Waals surface area contributed by atoms with E-state index in [9.17, 15) is 13.2 Å². The Morgan fingerprint density at radius 1 is 1.33 bits per heavy atom. The van der Waals surface area contributed by atoms with Crippen molar-refractivity contribution in [3.05, 3.63) is 24.4 Å². The number of rotatable bonds is 3. The van der Waals surface area contributed by atoms with E-state index >= 15 is 0 Å². The van der Waals surface area contributed by atoms with Gasteiger partial charge in [-0.15, -0.1) is 0 Å². The van der Waals surface area contributed by atoms with E-state index in [2.05, 4.69) is 5.10 Å².